The number of halogens is 1. The van der Waals surface area contributed by atoms with Crippen LogP contribution in [0.3, 0.4) is 0 Å². The molecule has 1 heterocycles. The van der Waals surface area contributed by atoms with Crippen LogP contribution in [0.4, 0.5) is 10.1 Å². The van der Waals surface area contributed by atoms with Crippen LogP contribution in [0.25, 0.3) is 0 Å². The fraction of sp³-hybridized carbons (Fsp3) is 0.778. The molecule has 3 aliphatic rings. The summed E-state index contributed by atoms with van der Waals surface area (Å²) in [5, 5.41) is 10.1. The molecule has 3 saturated carbocycles. The average molecular weight is 478 g/mol. The first-order valence-corrected chi connectivity index (χ1v) is 13.8. The number of nitrogens with zero attached hydrogens (tertiary/aromatic N) is 1. The van der Waals surface area contributed by atoms with Gasteiger partial charge in [-0.1, -0.05) is 20.8 Å². The Morgan fingerprint density at radius 1 is 1.00 bits per heavy atom. The molecule has 1 amide bonds. The molecule has 0 bridgehead atoms. The van der Waals surface area contributed by atoms with Gasteiger partial charge in [-0.3, -0.25) is 4.79 Å². The van der Waals surface area contributed by atoms with E-state index >= 15 is 0 Å². The molecule has 4 rings (SSSR count). The summed E-state index contributed by atoms with van der Waals surface area (Å²) in [5.41, 5.74) is 0.926. The minimum Gasteiger partial charge on any atom is -0.477 e. The van der Waals surface area contributed by atoms with E-state index in [0.717, 1.165) is 56.2 Å². The van der Waals surface area contributed by atoms with Gasteiger partial charge in [0.2, 0.25) is 5.91 Å². The van der Waals surface area contributed by atoms with E-state index in [2.05, 4.69) is 20.8 Å². The van der Waals surface area contributed by atoms with Gasteiger partial charge in [-0.2, -0.15) is 0 Å². The van der Waals surface area contributed by atoms with E-state index < -0.39 is 12.1 Å². The average Bonchev–Trinajstić information content (AvgIpc) is 3.21. The van der Waals surface area contributed by atoms with Crippen LogP contribution < -0.4 is 4.90 Å². The predicted molar refractivity (Wildman–Crippen MR) is 132 cm³/mol. The Kier molecular flexibility index (Phi) is 7.52. The van der Waals surface area contributed by atoms with Gasteiger partial charge in [0, 0.05) is 16.8 Å². The second-order valence-electron chi connectivity index (χ2n) is 11.7. The molecule has 3 aliphatic carbocycles. The molecule has 0 aromatic carbocycles. The highest BCUT2D eigenvalue weighted by atomic mass is 32.1. The minimum atomic E-state index is -0.952. The Labute approximate surface area is 201 Å². The van der Waals surface area contributed by atoms with Crippen molar-refractivity contribution in [3.05, 3.63) is 15.8 Å². The number of hydrogen-bond donors (Lipinski definition) is 1. The Hall–Kier alpha value is -1.43. The zero-order valence-electron chi connectivity index (χ0n) is 20.4. The third-order valence-corrected chi connectivity index (χ3v) is 9.80. The quantitative estimate of drug-likeness (QED) is 0.476. The number of hydrogen-bond acceptors (Lipinski definition) is 3. The Bertz CT molecular complexity index is 840. The second-order valence-corrected chi connectivity index (χ2v) is 12.8. The van der Waals surface area contributed by atoms with Gasteiger partial charge in [-0.05, 0) is 100 Å². The standard InChI is InChI=1S/C27H40FNO3S/c1-17-4-6-19(7-5-17)25(30)29(21-10-8-20(28)9-11-21)22-16-23(33-24(22)26(31)32)18-12-14-27(2,3)15-13-18/h16-21H,4-15H2,1-3H3,(H,31,32)/t17-,19-,20-,21-. The molecule has 4 nitrogen and oxygen atoms in total. The number of carbonyl (C=O) groups excluding carboxylic acids is 1. The van der Waals surface area contributed by atoms with Gasteiger partial charge in [0.25, 0.3) is 0 Å². The molecule has 0 atom stereocenters. The largest absolute Gasteiger partial charge is 0.477 e. The molecule has 3 fully saturated rings. The maximum absolute atomic E-state index is 13.9. The Morgan fingerprint density at radius 2 is 1.61 bits per heavy atom. The van der Waals surface area contributed by atoms with Crippen LogP contribution in [-0.2, 0) is 4.79 Å². The van der Waals surface area contributed by atoms with Crippen LogP contribution in [0.1, 0.15) is 118 Å². The first kappa shape index (κ1) is 24.7. The number of aromatic carboxylic acids is 1. The summed E-state index contributed by atoms with van der Waals surface area (Å²) in [6.45, 7) is 6.84. The first-order valence-electron chi connectivity index (χ1n) is 13.0. The van der Waals surface area contributed by atoms with Crippen molar-refractivity contribution in [2.24, 2.45) is 17.3 Å². The number of carbonyl (C=O) groups is 2. The molecular weight excluding hydrogens is 437 g/mol. The number of amides is 1. The molecule has 1 aromatic heterocycles. The number of alkyl halides is 1. The lowest BCUT2D eigenvalue weighted by Crippen LogP contribution is -2.46. The first-order chi connectivity index (χ1) is 15.6. The van der Waals surface area contributed by atoms with Crippen molar-refractivity contribution in [2.45, 2.75) is 116 Å². The van der Waals surface area contributed by atoms with Crippen LogP contribution in [0.15, 0.2) is 6.07 Å². The summed E-state index contributed by atoms with van der Waals surface area (Å²) in [6, 6.07) is 1.91. The fourth-order valence-electron chi connectivity index (χ4n) is 6.11. The van der Waals surface area contributed by atoms with Gasteiger partial charge in [0.1, 0.15) is 11.0 Å². The Balaban J connectivity index is 1.66. The summed E-state index contributed by atoms with van der Waals surface area (Å²) in [4.78, 5) is 29.4. The molecule has 0 saturated heterocycles. The fourth-order valence-corrected chi connectivity index (χ4v) is 7.27. The predicted octanol–water partition coefficient (Wildman–Crippen LogP) is 7.57. The lowest BCUT2D eigenvalue weighted by Gasteiger charge is -2.38. The third-order valence-electron chi connectivity index (χ3n) is 8.52. The van der Waals surface area contributed by atoms with Crippen LogP contribution in [0, 0.1) is 17.3 Å². The van der Waals surface area contributed by atoms with Crippen LogP contribution in [-0.4, -0.2) is 29.2 Å². The molecule has 1 aromatic rings. The molecule has 6 heteroatoms. The molecule has 0 unspecified atom stereocenters. The van der Waals surface area contributed by atoms with Crippen molar-refractivity contribution in [1.82, 2.24) is 0 Å². The summed E-state index contributed by atoms with van der Waals surface area (Å²) in [7, 11) is 0. The zero-order valence-corrected chi connectivity index (χ0v) is 21.3. The van der Waals surface area contributed by atoms with E-state index in [0.29, 0.717) is 48.6 Å². The molecule has 0 radical (unpaired) electrons. The molecule has 1 N–H and O–H groups in total. The lowest BCUT2D eigenvalue weighted by molar-refractivity contribution is -0.124. The molecule has 33 heavy (non-hydrogen) atoms. The van der Waals surface area contributed by atoms with E-state index in [1.54, 1.807) is 0 Å². The van der Waals surface area contributed by atoms with Crippen LogP contribution in [0.5, 0.6) is 0 Å². The van der Waals surface area contributed by atoms with Gasteiger partial charge < -0.3 is 10.0 Å². The van der Waals surface area contributed by atoms with Gasteiger partial charge in [0.15, 0.2) is 0 Å². The molecular formula is C27H40FNO3S. The van der Waals surface area contributed by atoms with Crippen molar-refractivity contribution >= 4 is 28.9 Å². The van der Waals surface area contributed by atoms with E-state index in [1.165, 1.54) is 11.3 Å². The molecule has 0 spiro atoms. The van der Waals surface area contributed by atoms with Crippen LogP contribution in [0.2, 0.25) is 0 Å². The van der Waals surface area contributed by atoms with E-state index in [1.807, 2.05) is 11.0 Å². The smallest absolute Gasteiger partial charge is 0.348 e. The summed E-state index contributed by atoms with van der Waals surface area (Å²) >= 11 is 1.36. The summed E-state index contributed by atoms with van der Waals surface area (Å²) in [5.74, 6) is 0.0727. The van der Waals surface area contributed by atoms with Crippen molar-refractivity contribution in [2.75, 3.05) is 4.90 Å². The van der Waals surface area contributed by atoms with Crippen molar-refractivity contribution < 1.29 is 19.1 Å². The summed E-state index contributed by atoms with van der Waals surface area (Å²) < 4.78 is 13.9. The van der Waals surface area contributed by atoms with Crippen molar-refractivity contribution in [3.63, 3.8) is 0 Å². The van der Waals surface area contributed by atoms with E-state index in [9.17, 15) is 19.1 Å². The van der Waals surface area contributed by atoms with Gasteiger partial charge in [0.05, 0.1) is 5.69 Å². The van der Waals surface area contributed by atoms with E-state index in [4.69, 9.17) is 0 Å². The number of rotatable bonds is 5. The number of carboxylic acids is 1. The zero-order chi connectivity index (χ0) is 23.8. The van der Waals surface area contributed by atoms with Gasteiger partial charge >= 0.3 is 5.97 Å². The molecule has 0 aliphatic heterocycles. The van der Waals surface area contributed by atoms with Crippen molar-refractivity contribution in [1.29, 1.82) is 0 Å². The number of thiophene rings is 1. The molecule has 184 valence electrons. The van der Waals surface area contributed by atoms with Gasteiger partial charge in [-0.25, -0.2) is 9.18 Å². The Morgan fingerprint density at radius 3 is 2.18 bits per heavy atom. The normalized spacial score (nSPS) is 30.7. The maximum Gasteiger partial charge on any atom is 0.348 e. The summed E-state index contributed by atoms with van der Waals surface area (Å²) in [6.07, 6.45) is 9.53. The highest BCUT2D eigenvalue weighted by Gasteiger charge is 2.38. The van der Waals surface area contributed by atoms with Gasteiger partial charge in [-0.15, -0.1) is 11.3 Å². The van der Waals surface area contributed by atoms with E-state index in [-0.39, 0.29) is 22.7 Å². The maximum atomic E-state index is 13.9. The van der Waals surface area contributed by atoms with Crippen LogP contribution >= 0.6 is 11.3 Å². The highest BCUT2D eigenvalue weighted by molar-refractivity contribution is 7.14. The second kappa shape index (κ2) is 10.1. The monoisotopic (exact) mass is 477 g/mol. The SMILES string of the molecule is CC1(C)CCC(c2cc(N(C(=O)[C@H]3CC[C@H](C)CC3)[C@H]3CC[C@H](F)CC3)c(C(=O)O)s2)CC1. The highest BCUT2D eigenvalue weighted by Crippen LogP contribution is 2.47. The number of carboxylic acid groups (broad SMARTS) is 1. The topological polar surface area (TPSA) is 57.6 Å². The minimum absolute atomic E-state index is 0.0511. The lowest BCUT2D eigenvalue weighted by atomic mass is 9.73. The van der Waals surface area contributed by atoms with Crippen molar-refractivity contribution in [3.8, 4) is 0 Å². The third kappa shape index (κ3) is 5.63. The number of anilines is 1.